The van der Waals surface area contributed by atoms with Gasteiger partial charge in [-0.1, -0.05) is 75.2 Å². The van der Waals surface area contributed by atoms with Crippen LogP contribution >= 0.6 is 11.8 Å². The van der Waals surface area contributed by atoms with Crippen LogP contribution in [0.1, 0.15) is 73.7 Å². The maximum Gasteiger partial charge on any atom is 0.242 e. The first kappa shape index (κ1) is 27.5. The molecule has 1 saturated heterocycles. The summed E-state index contributed by atoms with van der Waals surface area (Å²) in [6, 6.07) is 16.8. The molecule has 0 aliphatic carbocycles. The summed E-state index contributed by atoms with van der Waals surface area (Å²) in [7, 11) is 0. The van der Waals surface area contributed by atoms with E-state index in [4.69, 9.17) is 5.10 Å². The van der Waals surface area contributed by atoms with Crippen molar-refractivity contribution in [1.29, 1.82) is 0 Å². The van der Waals surface area contributed by atoms with E-state index in [2.05, 4.69) is 77.9 Å². The van der Waals surface area contributed by atoms with Crippen LogP contribution in [0, 0.1) is 19.8 Å². The Morgan fingerprint density at radius 3 is 2.36 bits per heavy atom. The van der Waals surface area contributed by atoms with Gasteiger partial charge in [-0.25, -0.2) is 4.68 Å². The number of hydrogen-bond acceptors (Lipinski definition) is 4. The highest BCUT2D eigenvalue weighted by Gasteiger charge is 2.40. The molecule has 39 heavy (non-hydrogen) atoms. The van der Waals surface area contributed by atoms with E-state index in [1.807, 2.05) is 21.7 Å². The molecule has 3 heterocycles. The number of amides is 2. The van der Waals surface area contributed by atoms with Gasteiger partial charge in [0.1, 0.15) is 12.4 Å². The Balaban J connectivity index is 1.70. The van der Waals surface area contributed by atoms with E-state index in [0.29, 0.717) is 11.7 Å². The number of fused-ring (bicyclic) bond motifs is 1. The minimum atomic E-state index is -0.269. The number of anilines is 1. The predicted octanol–water partition coefficient (Wildman–Crippen LogP) is 6.21. The standard InChI is InChI=1S/C32H40N4O2S/c1-21-10-12-25(13-11-21)36-31-28(30(33-36)32(4,5)6)29(24-9-7-8-23(3)18-24)39-20-27(38)35(31)19-26(37)34-16-14-22(2)15-17-34/h7-13,18,22,29H,14-17,19-20H2,1-6H3. The molecular formula is C32H40N4O2S. The van der Waals surface area contributed by atoms with Crippen LogP contribution in [-0.2, 0) is 15.0 Å². The molecule has 2 aliphatic rings. The van der Waals surface area contributed by atoms with Crippen LogP contribution in [0.15, 0.2) is 48.5 Å². The molecule has 0 bridgehead atoms. The van der Waals surface area contributed by atoms with E-state index in [0.717, 1.165) is 59.8 Å². The third-order valence-electron chi connectivity index (χ3n) is 7.85. The van der Waals surface area contributed by atoms with Gasteiger partial charge in [-0.2, -0.15) is 5.10 Å². The van der Waals surface area contributed by atoms with Crippen molar-refractivity contribution in [2.24, 2.45) is 5.92 Å². The summed E-state index contributed by atoms with van der Waals surface area (Å²) in [5, 5.41) is 5.13. The SMILES string of the molecule is Cc1ccc(-n2nc(C(C)(C)C)c3c2N(CC(=O)N2CCC(C)CC2)C(=O)CSC3c2cccc(C)c2)cc1. The summed E-state index contributed by atoms with van der Waals surface area (Å²) in [6.07, 6.45) is 2.01. The molecule has 1 aromatic heterocycles. The van der Waals surface area contributed by atoms with Crippen molar-refractivity contribution in [1.82, 2.24) is 14.7 Å². The average molecular weight is 545 g/mol. The Morgan fingerprint density at radius 1 is 1.03 bits per heavy atom. The normalized spacial score (nSPS) is 18.7. The minimum Gasteiger partial charge on any atom is -0.341 e. The van der Waals surface area contributed by atoms with E-state index in [1.54, 1.807) is 16.7 Å². The highest BCUT2D eigenvalue weighted by atomic mass is 32.2. The van der Waals surface area contributed by atoms with Gasteiger partial charge in [0.25, 0.3) is 0 Å². The fourth-order valence-electron chi connectivity index (χ4n) is 5.53. The van der Waals surface area contributed by atoms with Crippen LogP contribution < -0.4 is 4.90 Å². The third kappa shape index (κ3) is 5.65. The lowest BCUT2D eigenvalue weighted by atomic mass is 9.87. The predicted molar refractivity (Wildman–Crippen MR) is 160 cm³/mol. The Kier molecular flexibility index (Phi) is 7.64. The van der Waals surface area contributed by atoms with Crippen molar-refractivity contribution >= 4 is 29.4 Å². The molecule has 7 heteroatoms. The van der Waals surface area contributed by atoms with Crippen molar-refractivity contribution in [3.8, 4) is 5.69 Å². The molecule has 0 saturated carbocycles. The zero-order chi connectivity index (χ0) is 27.9. The van der Waals surface area contributed by atoms with Crippen molar-refractivity contribution in [2.75, 3.05) is 30.3 Å². The van der Waals surface area contributed by atoms with E-state index < -0.39 is 0 Å². The lowest BCUT2D eigenvalue weighted by Gasteiger charge is -2.32. The smallest absolute Gasteiger partial charge is 0.242 e. The van der Waals surface area contributed by atoms with Crippen molar-refractivity contribution in [3.63, 3.8) is 0 Å². The summed E-state index contributed by atoms with van der Waals surface area (Å²) < 4.78 is 1.91. The summed E-state index contributed by atoms with van der Waals surface area (Å²) in [5.41, 5.74) is 6.10. The summed E-state index contributed by atoms with van der Waals surface area (Å²) >= 11 is 1.64. The van der Waals surface area contributed by atoms with Crippen LogP contribution in [-0.4, -0.2) is 51.9 Å². The lowest BCUT2D eigenvalue weighted by molar-refractivity contribution is -0.132. The number of nitrogens with zero attached hydrogens (tertiary/aromatic N) is 4. The number of benzene rings is 2. The number of thioether (sulfide) groups is 1. The van der Waals surface area contributed by atoms with Crippen molar-refractivity contribution < 1.29 is 9.59 Å². The number of carbonyl (C=O) groups is 2. The maximum absolute atomic E-state index is 13.9. The van der Waals surface area contributed by atoms with Gasteiger partial charge >= 0.3 is 0 Å². The largest absolute Gasteiger partial charge is 0.341 e. The van der Waals surface area contributed by atoms with Gasteiger partial charge in [-0.15, -0.1) is 11.8 Å². The fourth-order valence-corrected chi connectivity index (χ4v) is 6.72. The second kappa shape index (κ2) is 10.8. The molecule has 1 fully saturated rings. The number of rotatable bonds is 4. The van der Waals surface area contributed by atoms with Gasteiger partial charge < -0.3 is 4.90 Å². The van der Waals surface area contributed by atoms with Gasteiger partial charge in [-0.05, 0) is 50.3 Å². The van der Waals surface area contributed by atoms with Gasteiger partial charge in [-0.3, -0.25) is 14.5 Å². The van der Waals surface area contributed by atoms with Gasteiger partial charge in [0.15, 0.2) is 0 Å². The molecule has 0 radical (unpaired) electrons. The minimum absolute atomic E-state index is 0.00849. The molecule has 2 aromatic carbocycles. The van der Waals surface area contributed by atoms with E-state index in [-0.39, 0.29) is 29.0 Å². The Labute approximate surface area is 236 Å². The van der Waals surface area contributed by atoms with Crippen LogP contribution in [0.2, 0.25) is 0 Å². The van der Waals surface area contributed by atoms with Crippen LogP contribution in [0.4, 0.5) is 5.82 Å². The lowest BCUT2D eigenvalue weighted by Crippen LogP contribution is -2.46. The third-order valence-corrected chi connectivity index (χ3v) is 9.11. The Morgan fingerprint density at radius 2 is 1.72 bits per heavy atom. The summed E-state index contributed by atoms with van der Waals surface area (Å²) in [5.74, 6) is 1.61. The second-order valence-corrected chi connectivity index (χ2v) is 13.3. The van der Waals surface area contributed by atoms with Gasteiger partial charge in [0.2, 0.25) is 11.8 Å². The molecule has 1 atom stereocenters. The maximum atomic E-state index is 13.9. The molecule has 3 aromatic rings. The molecule has 6 nitrogen and oxygen atoms in total. The number of carbonyl (C=O) groups excluding carboxylic acids is 2. The number of piperidine rings is 1. The second-order valence-electron chi connectivity index (χ2n) is 12.2. The highest BCUT2D eigenvalue weighted by Crippen LogP contribution is 2.48. The molecule has 206 valence electrons. The highest BCUT2D eigenvalue weighted by molar-refractivity contribution is 8.00. The molecular weight excluding hydrogens is 504 g/mol. The molecule has 5 rings (SSSR count). The van der Waals surface area contributed by atoms with Gasteiger partial charge in [0.05, 0.1) is 22.4 Å². The molecule has 0 N–H and O–H groups in total. The van der Waals surface area contributed by atoms with Crippen molar-refractivity contribution in [2.45, 2.75) is 65.0 Å². The van der Waals surface area contributed by atoms with Crippen LogP contribution in [0.3, 0.4) is 0 Å². The van der Waals surface area contributed by atoms with Crippen molar-refractivity contribution in [3.05, 3.63) is 76.5 Å². The topological polar surface area (TPSA) is 58.4 Å². The molecule has 2 aliphatic heterocycles. The number of aryl methyl sites for hydroxylation is 2. The average Bonchev–Trinajstić information content (AvgIpc) is 3.22. The fraction of sp³-hybridized carbons (Fsp3) is 0.469. The molecule has 2 amide bonds. The van der Waals surface area contributed by atoms with Crippen LogP contribution in [0.25, 0.3) is 5.69 Å². The van der Waals surface area contributed by atoms with E-state index in [1.165, 1.54) is 5.56 Å². The monoisotopic (exact) mass is 544 g/mol. The number of aromatic nitrogens is 2. The number of likely N-dealkylation sites (tertiary alicyclic amines) is 1. The first-order valence-electron chi connectivity index (χ1n) is 14.0. The molecule has 0 spiro atoms. The zero-order valence-corrected chi connectivity index (χ0v) is 24.8. The summed E-state index contributed by atoms with van der Waals surface area (Å²) in [4.78, 5) is 31.2. The van der Waals surface area contributed by atoms with E-state index >= 15 is 0 Å². The summed E-state index contributed by atoms with van der Waals surface area (Å²) in [6.45, 7) is 14.4. The first-order valence-corrected chi connectivity index (χ1v) is 15.0. The van der Waals surface area contributed by atoms with Crippen LogP contribution in [0.5, 0.6) is 0 Å². The number of hydrogen-bond donors (Lipinski definition) is 0. The quantitative estimate of drug-likeness (QED) is 0.392. The first-order chi connectivity index (χ1) is 18.5. The molecule has 1 unspecified atom stereocenters. The Bertz CT molecular complexity index is 1360. The van der Waals surface area contributed by atoms with Gasteiger partial charge in [0, 0.05) is 24.1 Å². The Hall–Kier alpha value is -3.06. The zero-order valence-electron chi connectivity index (χ0n) is 24.0. The van der Waals surface area contributed by atoms with E-state index in [9.17, 15) is 9.59 Å².